The Bertz CT molecular complexity index is 1800. The quantitative estimate of drug-likeness (QED) is 0.0403. The topological polar surface area (TPSA) is 72.3 Å². The molecule has 53 heavy (non-hydrogen) atoms. The van der Waals surface area contributed by atoms with Gasteiger partial charge in [-0.25, -0.2) is 4.79 Å². The first-order valence-electron chi connectivity index (χ1n) is 19.7. The van der Waals surface area contributed by atoms with E-state index in [0.717, 1.165) is 77.9 Å². The SMILES string of the molecule is C=C(C)C(=O)OCCCCCCCCCCOc1ccc(CNc2ccc(/N=N/c3ccc(CCC(C)(C)C(C)(C)C)cc3C)c3ccccc23)cc1. The number of azo groups is 1. The lowest BCUT2D eigenvalue weighted by atomic mass is 9.66. The molecule has 0 amide bonds. The van der Waals surface area contributed by atoms with Gasteiger partial charge in [0.05, 0.1) is 24.6 Å². The molecule has 6 nitrogen and oxygen atoms in total. The highest BCUT2D eigenvalue weighted by Gasteiger charge is 2.32. The number of nitrogens with zero attached hydrogens (tertiary/aromatic N) is 2. The first-order chi connectivity index (χ1) is 25.3. The lowest BCUT2D eigenvalue weighted by molar-refractivity contribution is -0.139. The number of carbonyl (C=O) groups is 1. The largest absolute Gasteiger partial charge is 0.494 e. The van der Waals surface area contributed by atoms with E-state index in [4.69, 9.17) is 14.6 Å². The minimum atomic E-state index is -0.286. The fourth-order valence-corrected chi connectivity index (χ4v) is 6.09. The number of hydrogen-bond donors (Lipinski definition) is 1. The predicted molar refractivity (Wildman–Crippen MR) is 223 cm³/mol. The Balaban J connectivity index is 1.20. The van der Waals surface area contributed by atoms with Crippen molar-refractivity contribution in [2.24, 2.45) is 21.1 Å². The number of ether oxygens (including phenoxy) is 2. The summed E-state index contributed by atoms with van der Waals surface area (Å²) in [7, 11) is 0. The van der Waals surface area contributed by atoms with Crippen LogP contribution in [0.25, 0.3) is 10.8 Å². The third-order valence-electron chi connectivity index (χ3n) is 10.8. The van der Waals surface area contributed by atoms with Crippen molar-refractivity contribution in [3.8, 4) is 5.75 Å². The highest BCUT2D eigenvalue weighted by atomic mass is 16.5. The third-order valence-corrected chi connectivity index (χ3v) is 10.8. The summed E-state index contributed by atoms with van der Waals surface area (Å²) in [6, 6.07) is 27.5. The van der Waals surface area contributed by atoms with E-state index in [9.17, 15) is 4.79 Å². The average Bonchev–Trinajstić information content (AvgIpc) is 3.13. The molecule has 0 fully saturated rings. The van der Waals surface area contributed by atoms with E-state index >= 15 is 0 Å². The van der Waals surface area contributed by atoms with Crippen molar-refractivity contribution in [3.63, 3.8) is 0 Å². The van der Waals surface area contributed by atoms with Gasteiger partial charge < -0.3 is 14.8 Å². The fourth-order valence-electron chi connectivity index (χ4n) is 6.09. The summed E-state index contributed by atoms with van der Waals surface area (Å²) in [5.41, 5.74) is 7.52. The van der Waals surface area contributed by atoms with Crippen LogP contribution >= 0.6 is 0 Å². The smallest absolute Gasteiger partial charge is 0.333 e. The molecule has 0 aliphatic heterocycles. The minimum Gasteiger partial charge on any atom is -0.494 e. The van der Waals surface area contributed by atoms with Crippen LogP contribution in [0, 0.1) is 17.8 Å². The third kappa shape index (κ3) is 13.2. The van der Waals surface area contributed by atoms with Gasteiger partial charge in [-0.1, -0.05) is 128 Å². The fraction of sp³-hybridized carbons (Fsp3) is 0.468. The monoisotopic (exact) mass is 717 g/mol. The molecule has 4 aromatic rings. The number of hydrogen-bond acceptors (Lipinski definition) is 6. The number of unbranched alkanes of at least 4 members (excludes halogenated alkanes) is 7. The molecule has 0 atom stereocenters. The molecule has 0 aliphatic carbocycles. The molecular weight excluding hydrogens is 655 g/mol. The van der Waals surface area contributed by atoms with E-state index in [0.29, 0.717) is 18.7 Å². The molecule has 0 spiro atoms. The summed E-state index contributed by atoms with van der Waals surface area (Å²) >= 11 is 0. The summed E-state index contributed by atoms with van der Waals surface area (Å²) in [5, 5.41) is 15.2. The number of carbonyl (C=O) groups excluding carboxylic acids is 1. The van der Waals surface area contributed by atoms with Gasteiger partial charge in [0.25, 0.3) is 0 Å². The van der Waals surface area contributed by atoms with E-state index in [2.05, 4.69) is 137 Å². The maximum absolute atomic E-state index is 11.4. The van der Waals surface area contributed by atoms with Crippen molar-refractivity contribution in [2.75, 3.05) is 18.5 Å². The van der Waals surface area contributed by atoms with Crippen LogP contribution in [0.4, 0.5) is 17.1 Å². The van der Waals surface area contributed by atoms with Crippen molar-refractivity contribution in [1.82, 2.24) is 0 Å². The van der Waals surface area contributed by atoms with Crippen LogP contribution in [-0.4, -0.2) is 19.2 Å². The van der Waals surface area contributed by atoms with E-state index in [1.54, 1.807) is 6.92 Å². The van der Waals surface area contributed by atoms with Gasteiger partial charge in [0.2, 0.25) is 0 Å². The first kappa shape index (κ1) is 41.3. The highest BCUT2D eigenvalue weighted by molar-refractivity contribution is 6.00. The van der Waals surface area contributed by atoms with Crippen molar-refractivity contribution in [2.45, 2.75) is 119 Å². The second kappa shape index (κ2) is 20.1. The Hall–Kier alpha value is -4.45. The van der Waals surface area contributed by atoms with Crippen LogP contribution < -0.4 is 10.1 Å². The lowest BCUT2D eigenvalue weighted by Crippen LogP contribution is -2.30. The summed E-state index contributed by atoms with van der Waals surface area (Å²) in [6.07, 6.45) is 11.3. The molecule has 0 aromatic heterocycles. The lowest BCUT2D eigenvalue weighted by Gasteiger charge is -2.39. The number of fused-ring (bicyclic) bond motifs is 1. The standard InChI is InChI=1S/C47H63N3O3/c1-35(2)45(51)53-32-18-14-12-10-9-11-13-17-31-52-39-24-21-38(22-25-39)34-48-43-27-28-44(41-20-16-15-19-40(41)43)50-49-42-26-23-37(33-36(42)3)29-30-47(7,8)46(4,5)6/h15-16,19-28,33,48H,1,9-14,17-18,29-32,34H2,2-8H3/b50-49+. The predicted octanol–water partition coefficient (Wildman–Crippen LogP) is 13.8. The Labute approximate surface area is 319 Å². The molecule has 0 unspecified atom stereocenters. The molecule has 0 saturated carbocycles. The van der Waals surface area contributed by atoms with Crippen molar-refractivity contribution in [1.29, 1.82) is 0 Å². The highest BCUT2D eigenvalue weighted by Crippen LogP contribution is 2.42. The van der Waals surface area contributed by atoms with Gasteiger partial charge in [-0.15, -0.1) is 5.11 Å². The van der Waals surface area contributed by atoms with Crippen LogP contribution in [0.2, 0.25) is 0 Å². The second-order valence-corrected chi connectivity index (χ2v) is 16.2. The van der Waals surface area contributed by atoms with Crippen molar-refractivity contribution < 1.29 is 14.3 Å². The van der Waals surface area contributed by atoms with Gasteiger partial charge in [-0.3, -0.25) is 0 Å². The summed E-state index contributed by atoms with van der Waals surface area (Å²) in [4.78, 5) is 11.4. The van der Waals surface area contributed by atoms with E-state index in [1.807, 2.05) is 0 Å². The summed E-state index contributed by atoms with van der Waals surface area (Å²) in [5.74, 6) is 0.626. The average molecular weight is 718 g/mol. The molecular formula is C47H63N3O3. The Morgan fingerprint density at radius 2 is 1.30 bits per heavy atom. The normalized spacial score (nSPS) is 12.0. The Morgan fingerprint density at radius 3 is 1.94 bits per heavy atom. The number of benzene rings is 4. The van der Waals surface area contributed by atoms with E-state index in [-0.39, 0.29) is 16.8 Å². The molecule has 4 rings (SSSR count). The number of aryl methyl sites for hydroxylation is 2. The van der Waals surface area contributed by atoms with Crippen LogP contribution in [0.5, 0.6) is 5.75 Å². The number of esters is 1. The van der Waals surface area contributed by atoms with Gasteiger partial charge in [-0.2, -0.15) is 5.11 Å². The zero-order valence-corrected chi connectivity index (χ0v) is 33.5. The van der Waals surface area contributed by atoms with Gasteiger partial charge in [0.1, 0.15) is 5.75 Å². The van der Waals surface area contributed by atoms with Crippen LogP contribution in [0.3, 0.4) is 0 Å². The van der Waals surface area contributed by atoms with Crippen LogP contribution in [0.1, 0.15) is 116 Å². The molecule has 0 bridgehead atoms. The van der Waals surface area contributed by atoms with Gasteiger partial charge >= 0.3 is 5.97 Å². The van der Waals surface area contributed by atoms with E-state index in [1.165, 1.54) is 43.2 Å². The second-order valence-electron chi connectivity index (χ2n) is 16.2. The number of anilines is 1. The molecule has 0 radical (unpaired) electrons. The zero-order chi connectivity index (χ0) is 38.3. The number of rotatable bonds is 21. The summed E-state index contributed by atoms with van der Waals surface area (Å²) in [6.45, 7) is 21.1. The maximum atomic E-state index is 11.4. The maximum Gasteiger partial charge on any atom is 0.333 e. The van der Waals surface area contributed by atoms with Gasteiger partial charge in [-0.05, 0) is 97.4 Å². The van der Waals surface area contributed by atoms with Crippen LogP contribution in [0.15, 0.2) is 101 Å². The Kier molecular flexibility index (Phi) is 15.7. The van der Waals surface area contributed by atoms with Gasteiger partial charge in [0.15, 0.2) is 0 Å². The van der Waals surface area contributed by atoms with Gasteiger partial charge in [0, 0.05) is 28.6 Å². The molecule has 0 saturated heterocycles. The van der Waals surface area contributed by atoms with E-state index < -0.39 is 0 Å². The minimum absolute atomic E-state index is 0.261. The number of nitrogens with one attached hydrogen (secondary N) is 1. The molecule has 6 heteroatoms. The first-order valence-corrected chi connectivity index (χ1v) is 19.7. The molecule has 0 heterocycles. The van der Waals surface area contributed by atoms with Crippen molar-refractivity contribution in [3.05, 3.63) is 108 Å². The molecule has 284 valence electrons. The van der Waals surface area contributed by atoms with Crippen LogP contribution in [-0.2, 0) is 22.5 Å². The molecule has 4 aromatic carbocycles. The van der Waals surface area contributed by atoms with Crippen molar-refractivity contribution >= 4 is 33.8 Å². The zero-order valence-electron chi connectivity index (χ0n) is 33.5. The molecule has 0 aliphatic rings. The molecule has 1 N–H and O–H groups in total. The Morgan fingerprint density at radius 1 is 0.717 bits per heavy atom. The summed E-state index contributed by atoms with van der Waals surface area (Å²) < 4.78 is 11.2.